The monoisotopic (exact) mass is 320 g/mol. The molecule has 8 heteroatoms. The van der Waals surface area contributed by atoms with Crippen molar-refractivity contribution < 1.29 is 16.8 Å². The molecule has 6 nitrogen and oxygen atoms in total. The van der Waals surface area contributed by atoms with Gasteiger partial charge in [0.05, 0.1) is 16.3 Å². The van der Waals surface area contributed by atoms with Crippen LogP contribution in [-0.4, -0.2) is 22.6 Å². The van der Waals surface area contributed by atoms with Crippen molar-refractivity contribution in [2.24, 2.45) is 10.6 Å². The van der Waals surface area contributed by atoms with Gasteiger partial charge >= 0.3 is 0 Å². The van der Waals surface area contributed by atoms with E-state index in [2.05, 4.69) is 4.72 Å². The Kier molecular flexibility index (Phi) is 4.52. The van der Waals surface area contributed by atoms with Crippen molar-refractivity contribution in [3.05, 3.63) is 23.8 Å². The highest BCUT2D eigenvalue weighted by Crippen LogP contribution is 2.23. The van der Waals surface area contributed by atoms with Gasteiger partial charge in [-0.25, -0.2) is 22.0 Å². The Morgan fingerprint density at radius 2 is 1.70 bits per heavy atom. The summed E-state index contributed by atoms with van der Waals surface area (Å²) in [4.78, 5) is -0.128. The Morgan fingerprint density at radius 3 is 2.15 bits per heavy atom. The predicted octanol–water partition coefficient (Wildman–Crippen LogP) is 1.43. The number of rotatable bonds is 4. The average Bonchev–Trinajstić information content (AvgIpc) is 2.15. The number of aryl methyl sites for hydroxylation is 1. The first-order chi connectivity index (χ1) is 8.80. The first-order valence-corrected chi connectivity index (χ1v) is 9.14. The number of hydrogen-bond donors (Lipinski definition) is 2. The first kappa shape index (κ1) is 16.9. The maximum atomic E-state index is 12.0. The van der Waals surface area contributed by atoms with Crippen LogP contribution in [0.2, 0.25) is 0 Å². The van der Waals surface area contributed by atoms with Crippen molar-refractivity contribution in [3.8, 4) is 0 Å². The first-order valence-electron chi connectivity index (χ1n) is 5.94. The number of sulfonamides is 2. The summed E-state index contributed by atoms with van der Waals surface area (Å²) in [5.41, 5.74) is 0.438. The Balaban J connectivity index is 3.16. The summed E-state index contributed by atoms with van der Waals surface area (Å²) in [5.74, 6) is -0.0704. The SMILES string of the molecule is Cc1ccc(S(N)(=O)=O)cc1NS(=O)(=O)CC(C)(C)C. The molecule has 0 amide bonds. The van der Waals surface area contributed by atoms with Gasteiger partial charge in [-0.1, -0.05) is 26.8 Å². The third kappa shape index (κ3) is 5.10. The average molecular weight is 320 g/mol. The third-order valence-corrected chi connectivity index (χ3v) is 5.11. The van der Waals surface area contributed by atoms with Gasteiger partial charge in [0.2, 0.25) is 20.0 Å². The zero-order valence-corrected chi connectivity index (χ0v) is 13.6. The lowest BCUT2D eigenvalue weighted by molar-refractivity contribution is 0.463. The van der Waals surface area contributed by atoms with Crippen LogP contribution in [0.1, 0.15) is 26.3 Å². The number of hydrogen-bond acceptors (Lipinski definition) is 4. The summed E-state index contributed by atoms with van der Waals surface area (Å²) in [7, 11) is -7.43. The highest BCUT2D eigenvalue weighted by atomic mass is 32.2. The molecular formula is C12H20N2O4S2. The van der Waals surface area contributed by atoms with E-state index in [0.29, 0.717) is 5.56 Å². The van der Waals surface area contributed by atoms with Gasteiger partial charge in [0.15, 0.2) is 0 Å². The molecule has 3 N–H and O–H groups in total. The van der Waals surface area contributed by atoms with Crippen molar-refractivity contribution in [1.82, 2.24) is 0 Å². The van der Waals surface area contributed by atoms with E-state index >= 15 is 0 Å². The molecule has 0 fully saturated rings. The minimum absolute atomic E-state index is 0.0704. The van der Waals surface area contributed by atoms with E-state index in [1.165, 1.54) is 18.2 Å². The van der Waals surface area contributed by atoms with Gasteiger partial charge in [-0.2, -0.15) is 0 Å². The maximum absolute atomic E-state index is 12.0. The molecule has 0 aliphatic carbocycles. The largest absolute Gasteiger partial charge is 0.283 e. The van der Waals surface area contributed by atoms with Crippen LogP contribution in [0.25, 0.3) is 0 Å². The summed E-state index contributed by atoms with van der Waals surface area (Å²) in [6, 6.07) is 4.08. The molecule has 0 heterocycles. The molecule has 0 spiro atoms. The van der Waals surface area contributed by atoms with Crippen LogP contribution in [0.15, 0.2) is 23.1 Å². The zero-order chi connectivity index (χ0) is 15.8. The van der Waals surface area contributed by atoms with Gasteiger partial charge < -0.3 is 0 Å². The predicted molar refractivity (Wildman–Crippen MR) is 79.4 cm³/mol. The van der Waals surface area contributed by atoms with E-state index in [9.17, 15) is 16.8 Å². The molecule has 20 heavy (non-hydrogen) atoms. The van der Waals surface area contributed by atoms with Crippen molar-refractivity contribution >= 4 is 25.7 Å². The summed E-state index contributed by atoms with van der Waals surface area (Å²) >= 11 is 0. The van der Waals surface area contributed by atoms with Crippen LogP contribution < -0.4 is 9.86 Å². The number of nitrogens with two attached hydrogens (primary N) is 1. The highest BCUT2D eigenvalue weighted by molar-refractivity contribution is 7.92. The Labute approximate surface area is 120 Å². The molecule has 1 rings (SSSR count). The van der Waals surface area contributed by atoms with E-state index in [4.69, 9.17) is 5.14 Å². The standard InChI is InChI=1S/C12H20N2O4S2/c1-9-5-6-10(20(13,17)18)7-11(9)14-19(15,16)8-12(2,3)4/h5-7,14H,8H2,1-4H3,(H2,13,17,18). The van der Waals surface area contributed by atoms with Gasteiger partial charge in [-0.05, 0) is 30.0 Å². The molecule has 0 radical (unpaired) electrons. The Hall–Kier alpha value is -1.12. The third-order valence-electron chi connectivity index (χ3n) is 2.43. The molecule has 0 aliphatic rings. The van der Waals surface area contributed by atoms with Crippen molar-refractivity contribution in [2.45, 2.75) is 32.6 Å². The van der Waals surface area contributed by atoms with E-state index in [-0.39, 0.29) is 16.3 Å². The fourth-order valence-electron chi connectivity index (χ4n) is 1.66. The van der Waals surface area contributed by atoms with Gasteiger partial charge in [0, 0.05) is 0 Å². The van der Waals surface area contributed by atoms with Crippen LogP contribution >= 0.6 is 0 Å². The number of primary sulfonamides is 1. The zero-order valence-electron chi connectivity index (χ0n) is 12.0. The fourth-order valence-corrected chi connectivity index (χ4v) is 3.97. The Bertz CT molecular complexity index is 701. The van der Waals surface area contributed by atoms with Gasteiger partial charge in [0.25, 0.3) is 0 Å². The van der Waals surface area contributed by atoms with Crippen molar-refractivity contribution in [2.75, 3.05) is 10.5 Å². The topological polar surface area (TPSA) is 106 Å². The minimum atomic E-state index is -3.87. The van der Waals surface area contributed by atoms with Gasteiger partial charge in [-0.3, -0.25) is 4.72 Å². The summed E-state index contributed by atoms with van der Waals surface area (Å²) in [6.45, 7) is 7.10. The van der Waals surface area contributed by atoms with E-state index in [1.807, 2.05) is 0 Å². The molecule has 0 aromatic heterocycles. The number of nitrogens with one attached hydrogen (secondary N) is 1. The van der Waals surface area contributed by atoms with Crippen LogP contribution in [0.4, 0.5) is 5.69 Å². The molecule has 0 unspecified atom stereocenters. The smallest absolute Gasteiger partial charge is 0.238 e. The maximum Gasteiger partial charge on any atom is 0.238 e. The molecular weight excluding hydrogens is 300 g/mol. The van der Waals surface area contributed by atoms with Gasteiger partial charge in [0.1, 0.15) is 0 Å². The second-order valence-electron chi connectivity index (χ2n) is 5.94. The minimum Gasteiger partial charge on any atom is -0.283 e. The molecule has 0 saturated heterocycles. The molecule has 1 aromatic carbocycles. The van der Waals surface area contributed by atoms with E-state index in [1.54, 1.807) is 27.7 Å². The number of benzene rings is 1. The van der Waals surface area contributed by atoms with Crippen LogP contribution in [0, 0.1) is 12.3 Å². The van der Waals surface area contributed by atoms with Crippen LogP contribution in [-0.2, 0) is 20.0 Å². The van der Waals surface area contributed by atoms with Gasteiger partial charge in [-0.15, -0.1) is 0 Å². The lowest BCUT2D eigenvalue weighted by Crippen LogP contribution is -2.26. The Morgan fingerprint density at radius 1 is 1.15 bits per heavy atom. The normalized spacial score (nSPS) is 13.2. The summed E-state index contributed by atoms with van der Waals surface area (Å²) in [5, 5.41) is 5.04. The van der Waals surface area contributed by atoms with Crippen molar-refractivity contribution in [1.29, 1.82) is 0 Å². The van der Waals surface area contributed by atoms with Crippen molar-refractivity contribution in [3.63, 3.8) is 0 Å². The molecule has 0 aliphatic heterocycles. The van der Waals surface area contributed by atoms with E-state index < -0.39 is 25.5 Å². The van der Waals surface area contributed by atoms with Crippen LogP contribution in [0.3, 0.4) is 0 Å². The molecule has 0 bridgehead atoms. The molecule has 0 saturated carbocycles. The quantitative estimate of drug-likeness (QED) is 0.875. The molecule has 0 atom stereocenters. The van der Waals surface area contributed by atoms with Crippen LogP contribution in [0.5, 0.6) is 0 Å². The highest BCUT2D eigenvalue weighted by Gasteiger charge is 2.22. The molecule has 1 aromatic rings. The number of anilines is 1. The summed E-state index contributed by atoms with van der Waals surface area (Å²) < 4.78 is 49.1. The lowest BCUT2D eigenvalue weighted by Gasteiger charge is -2.19. The lowest BCUT2D eigenvalue weighted by atomic mass is 10.0. The second kappa shape index (κ2) is 5.34. The van der Waals surface area contributed by atoms with E-state index in [0.717, 1.165) is 0 Å². The fraction of sp³-hybridized carbons (Fsp3) is 0.500. The molecule has 114 valence electrons. The summed E-state index contributed by atoms with van der Waals surface area (Å²) in [6.07, 6.45) is 0. The second-order valence-corrected chi connectivity index (χ2v) is 9.23.